The van der Waals surface area contributed by atoms with Crippen molar-refractivity contribution in [3.05, 3.63) is 35.4 Å². The number of aliphatic imine (C=N–C) groups is 1. The highest BCUT2D eigenvalue weighted by molar-refractivity contribution is 14.0. The predicted molar refractivity (Wildman–Crippen MR) is 106 cm³/mol. The van der Waals surface area contributed by atoms with Crippen molar-refractivity contribution in [2.75, 3.05) is 39.9 Å². The van der Waals surface area contributed by atoms with Crippen molar-refractivity contribution in [3.8, 4) is 0 Å². The normalized spacial score (nSPS) is 24.5. The van der Waals surface area contributed by atoms with E-state index in [1.54, 1.807) is 13.1 Å². The number of hydrogen-bond acceptors (Lipinski definition) is 2. The average molecular weight is 465 g/mol. The Morgan fingerprint density at radius 1 is 1.36 bits per heavy atom. The van der Waals surface area contributed by atoms with E-state index in [1.165, 1.54) is 12.1 Å². The fourth-order valence-corrected chi connectivity index (χ4v) is 3.60. The van der Waals surface area contributed by atoms with Crippen LogP contribution < -0.4 is 5.32 Å². The summed E-state index contributed by atoms with van der Waals surface area (Å²) in [5.41, 5.74) is 1.06. The van der Waals surface area contributed by atoms with Crippen LogP contribution in [0, 0.1) is 17.0 Å². The van der Waals surface area contributed by atoms with E-state index in [2.05, 4.69) is 15.2 Å². The monoisotopic (exact) mass is 465 g/mol. The maximum Gasteiger partial charge on any atom is 0.193 e. The quantitative estimate of drug-likeness (QED) is 0.423. The second kappa shape index (κ2) is 8.62. The van der Waals surface area contributed by atoms with Crippen LogP contribution in [0.25, 0.3) is 0 Å². The zero-order valence-electron chi connectivity index (χ0n) is 14.7. The summed E-state index contributed by atoms with van der Waals surface area (Å²) >= 11 is 0. The van der Waals surface area contributed by atoms with Crippen LogP contribution in [-0.4, -0.2) is 50.8 Å². The van der Waals surface area contributed by atoms with Gasteiger partial charge in [0.15, 0.2) is 17.6 Å². The maximum absolute atomic E-state index is 13.4. The van der Waals surface area contributed by atoms with E-state index < -0.39 is 11.6 Å². The molecular weight excluding hydrogens is 439 g/mol. The summed E-state index contributed by atoms with van der Waals surface area (Å²) in [6.45, 7) is 6.24. The molecule has 2 unspecified atom stereocenters. The smallest absolute Gasteiger partial charge is 0.193 e. The molecule has 2 atom stereocenters. The summed E-state index contributed by atoms with van der Waals surface area (Å²) in [4.78, 5) is 6.65. The Labute approximate surface area is 165 Å². The summed E-state index contributed by atoms with van der Waals surface area (Å²) in [5.74, 6) is -0.682. The van der Waals surface area contributed by atoms with E-state index in [0.29, 0.717) is 6.54 Å². The number of benzene rings is 1. The van der Waals surface area contributed by atoms with Crippen LogP contribution in [0.3, 0.4) is 0 Å². The number of ether oxygens (including phenoxy) is 1. The number of nitrogens with one attached hydrogen (secondary N) is 1. The zero-order chi connectivity index (χ0) is 17.2. The standard InChI is InChI=1S/C18H25F2N3O.HI/c1-13(14-3-4-15(19)16(20)9-14)10-22-17(21-2)23-7-5-18(11-23)6-8-24-12-18;/h3-4,9,13H,5-8,10-12H2,1-2H3,(H,21,22);1H. The molecule has 3 rings (SSSR count). The molecule has 0 bridgehead atoms. The molecule has 4 nitrogen and oxygen atoms in total. The third-order valence-corrected chi connectivity index (χ3v) is 5.21. The first-order valence-corrected chi connectivity index (χ1v) is 8.51. The Balaban J connectivity index is 0.00000225. The molecule has 1 aromatic carbocycles. The molecule has 0 radical (unpaired) electrons. The summed E-state index contributed by atoms with van der Waals surface area (Å²) < 4.78 is 32.0. The SMILES string of the molecule is CN=C(NCC(C)c1ccc(F)c(F)c1)N1CCC2(CCOC2)C1.I. The van der Waals surface area contributed by atoms with Gasteiger partial charge in [0.1, 0.15) is 0 Å². The minimum atomic E-state index is -0.809. The van der Waals surface area contributed by atoms with Crippen molar-refractivity contribution in [2.24, 2.45) is 10.4 Å². The number of guanidine groups is 1. The first kappa shape index (κ1) is 20.4. The molecule has 2 fully saturated rings. The molecule has 25 heavy (non-hydrogen) atoms. The van der Waals surface area contributed by atoms with Gasteiger partial charge in [-0.1, -0.05) is 13.0 Å². The molecule has 2 aliphatic rings. The fraction of sp³-hybridized carbons (Fsp3) is 0.611. The van der Waals surface area contributed by atoms with Gasteiger partial charge in [0.2, 0.25) is 0 Å². The molecular formula is C18H26F2IN3O. The van der Waals surface area contributed by atoms with E-state index in [0.717, 1.165) is 50.7 Å². The molecule has 1 N–H and O–H groups in total. The molecule has 2 saturated heterocycles. The lowest BCUT2D eigenvalue weighted by molar-refractivity contribution is 0.156. The van der Waals surface area contributed by atoms with Crippen molar-refractivity contribution in [1.82, 2.24) is 10.2 Å². The number of hydrogen-bond donors (Lipinski definition) is 1. The highest BCUT2D eigenvalue weighted by atomic mass is 127. The van der Waals surface area contributed by atoms with E-state index in [1.807, 2.05) is 6.92 Å². The lowest BCUT2D eigenvalue weighted by atomic mass is 9.87. The second-order valence-corrected chi connectivity index (χ2v) is 6.98. The van der Waals surface area contributed by atoms with E-state index >= 15 is 0 Å². The minimum absolute atomic E-state index is 0. The first-order valence-electron chi connectivity index (χ1n) is 8.51. The Bertz CT molecular complexity index is 620. The summed E-state index contributed by atoms with van der Waals surface area (Å²) in [5, 5.41) is 3.37. The van der Waals surface area contributed by atoms with E-state index in [4.69, 9.17) is 4.74 Å². The van der Waals surface area contributed by atoms with E-state index in [-0.39, 0.29) is 35.3 Å². The molecule has 1 spiro atoms. The Hall–Kier alpha value is -0.960. The van der Waals surface area contributed by atoms with Gasteiger partial charge in [-0.05, 0) is 36.5 Å². The molecule has 0 amide bonds. The van der Waals surface area contributed by atoms with E-state index in [9.17, 15) is 8.78 Å². The van der Waals surface area contributed by atoms with Crippen LogP contribution in [0.15, 0.2) is 23.2 Å². The topological polar surface area (TPSA) is 36.9 Å². The molecule has 1 aromatic rings. The zero-order valence-corrected chi connectivity index (χ0v) is 17.1. The molecule has 0 aromatic heterocycles. The number of rotatable bonds is 3. The summed E-state index contributed by atoms with van der Waals surface area (Å²) in [7, 11) is 1.78. The van der Waals surface area contributed by atoms with Crippen LogP contribution >= 0.6 is 24.0 Å². The highest BCUT2D eigenvalue weighted by Gasteiger charge is 2.42. The second-order valence-electron chi connectivity index (χ2n) is 6.98. The van der Waals surface area contributed by atoms with Gasteiger partial charge in [-0.3, -0.25) is 4.99 Å². The largest absolute Gasteiger partial charge is 0.381 e. The van der Waals surface area contributed by atoms with Crippen LogP contribution in [0.5, 0.6) is 0 Å². The Morgan fingerprint density at radius 2 is 2.16 bits per heavy atom. The van der Waals surface area contributed by atoms with Crippen LogP contribution in [0.1, 0.15) is 31.2 Å². The molecule has 140 valence electrons. The van der Waals surface area contributed by atoms with Crippen molar-refractivity contribution in [3.63, 3.8) is 0 Å². The van der Waals surface area contributed by atoms with Crippen molar-refractivity contribution < 1.29 is 13.5 Å². The van der Waals surface area contributed by atoms with Crippen LogP contribution in [0.2, 0.25) is 0 Å². The Morgan fingerprint density at radius 3 is 2.80 bits per heavy atom. The number of likely N-dealkylation sites (tertiary alicyclic amines) is 1. The fourth-order valence-electron chi connectivity index (χ4n) is 3.60. The molecule has 2 heterocycles. The van der Waals surface area contributed by atoms with Crippen molar-refractivity contribution >= 4 is 29.9 Å². The summed E-state index contributed by atoms with van der Waals surface area (Å²) in [6.07, 6.45) is 2.25. The van der Waals surface area contributed by atoms with Gasteiger partial charge in [-0.25, -0.2) is 8.78 Å². The Kier molecular flexibility index (Phi) is 7.01. The maximum atomic E-state index is 13.4. The minimum Gasteiger partial charge on any atom is -0.381 e. The molecule has 0 saturated carbocycles. The predicted octanol–water partition coefficient (Wildman–Crippen LogP) is 3.37. The van der Waals surface area contributed by atoms with Crippen LogP contribution in [0.4, 0.5) is 8.78 Å². The lowest BCUT2D eigenvalue weighted by Gasteiger charge is -2.26. The van der Waals surface area contributed by atoms with Crippen molar-refractivity contribution in [2.45, 2.75) is 25.7 Å². The summed E-state index contributed by atoms with van der Waals surface area (Å²) in [6, 6.07) is 4.08. The van der Waals surface area contributed by atoms with Gasteiger partial charge >= 0.3 is 0 Å². The van der Waals surface area contributed by atoms with Gasteiger partial charge in [0.25, 0.3) is 0 Å². The average Bonchev–Trinajstić information content (AvgIpc) is 3.21. The highest BCUT2D eigenvalue weighted by Crippen LogP contribution is 2.38. The van der Waals surface area contributed by atoms with Gasteiger partial charge < -0.3 is 15.0 Å². The van der Waals surface area contributed by atoms with Gasteiger partial charge in [-0.15, -0.1) is 24.0 Å². The van der Waals surface area contributed by atoms with Crippen LogP contribution in [-0.2, 0) is 4.74 Å². The van der Waals surface area contributed by atoms with Gasteiger partial charge in [-0.2, -0.15) is 0 Å². The van der Waals surface area contributed by atoms with Gasteiger partial charge in [0.05, 0.1) is 6.61 Å². The lowest BCUT2D eigenvalue weighted by Crippen LogP contribution is -2.42. The van der Waals surface area contributed by atoms with Gasteiger partial charge in [0, 0.05) is 38.7 Å². The first-order chi connectivity index (χ1) is 11.5. The van der Waals surface area contributed by atoms with Crippen molar-refractivity contribution in [1.29, 1.82) is 0 Å². The number of halogens is 3. The third kappa shape index (κ3) is 4.61. The molecule has 0 aliphatic carbocycles. The number of nitrogens with zero attached hydrogens (tertiary/aromatic N) is 2. The molecule has 7 heteroatoms. The molecule has 2 aliphatic heterocycles. The third-order valence-electron chi connectivity index (χ3n) is 5.21.